The van der Waals surface area contributed by atoms with E-state index in [0.717, 1.165) is 29.9 Å². The van der Waals surface area contributed by atoms with Crippen molar-refractivity contribution in [3.8, 4) is 0 Å². The van der Waals surface area contributed by atoms with Gasteiger partial charge in [0.1, 0.15) is 11.0 Å². The van der Waals surface area contributed by atoms with E-state index in [1.807, 2.05) is 0 Å². The number of aromatic nitrogens is 2. The minimum absolute atomic E-state index is 0.197. The van der Waals surface area contributed by atoms with E-state index in [0.29, 0.717) is 17.1 Å². The maximum absolute atomic E-state index is 12.7. The van der Waals surface area contributed by atoms with Crippen LogP contribution in [-0.4, -0.2) is 17.2 Å². The van der Waals surface area contributed by atoms with Gasteiger partial charge in [0.05, 0.1) is 27.9 Å². The summed E-state index contributed by atoms with van der Waals surface area (Å²) in [7, 11) is -4.14. The van der Waals surface area contributed by atoms with Crippen molar-refractivity contribution in [2.75, 3.05) is 4.72 Å². The highest BCUT2D eigenvalue weighted by atomic mass is 32.2. The van der Waals surface area contributed by atoms with Crippen LogP contribution in [0, 0.1) is 0 Å². The molecular formula is C13H8F3N3O2S2. The Morgan fingerprint density at radius 3 is 2.48 bits per heavy atom. The first kappa shape index (κ1) is 15.7. The van der Waals surface area contributed by atoms with Crippen LogP contribution in [0.1, 0.15) is 5.56 Å². The largest absolute Gasteiger partial charge is 0.416 e. The summed E-state index contributed by atoms with van der Waals surface area (Å²) in [6.07, 6.45) is -4.61. The molecule has 0 unspecified atom stereocenters. The molecular weight excluding hydrogens is 351 g/mol. The summed E-state index contributed by atoms with van der Waals surface area (Å²) in [4.78, 5) is -0.469. The zero-order valence-electron chi connectivity index (χ0n) is 11.2. The van der Waals surface area contributed by atoms with Gasteiger partial charge in [0, 0.05) is 0 Å². The molecule has 0 saturated heterocycles. The van der Waals surface area contributed by atoms with Crippen LogP contribution in [0.4, 0.5) is 18.9 Å². The van der Waals surface area contributed by atoms with Gasteiger partial charge in [-0.3, -0.25) is 4.72 Å². The Balaban J connectivity index is 1.95. The molecule has 23 heavy (non-hydrogen) atoms. The fraction of sp³-hybridized carbons (Fsp3) is 0.0769. The van der Waals surface area contributed by atoms with E-state index in [9.17, 15) is 21.6 Å². The maximum atomic E-state index is 12.7. The molecule has 3 rings (SSSR count). The van der Waals surface area contributed by atoms with Gasteiger partial charge in [-0.05, 0) is 36.4 Å². The Labute approximate surface area is 133 Å². The fourth-order valence-electron chi connectivity index (χ4n) is 1.90. The molecule has 0 atom stereocenters. The van der Waals surface area contributed by atoms with E-state index < -0.39 is 26.7 Å². The van der Waals surface area contributed by atoms with E-state index in [1.54, 1.807) is 6.07 Å². The van der Waals surface area contributed by atoms with Crippen molar-refractivity contribution in [1.29, 1.82) is 0 Å². The van der Waals surface area contributed by atoms with Crippen molar-refractivity contribution in [3.05, 3.63) is 48.0 Å². The summed E-state index contributed by atoms with van der Waals surface area (Å²) in [5.41, 5.74) is 0.276. The second kappa shape index (κ2) is 5.46. The molecule has 0 fully saturated rings. The smallest absolute Gasteiger partial charge is 0.280 e. The normalized spacial score (nSPS) is 12.5. The average Bonchev–Trinajstić information content (AvgIpc) is 2.93. The number of rotatable bonds is 3. The first-order chi connectivity index (χ1) is 10.8. The Kier molecular flexibility index (Phi) is 3.72. The minimum Gasteiger partial charge on any atom is -0.280 e. The molecule has 1 N–H and O–H groups in total. The Hall–Kier alpha value is -2.20. The second-order valence-corrected chi connectivity index (χ2v) is 6.81. The SMILES string of the molecule is O=S(=O)(Nc1ccc2nsnc2c1)c1cccc(C(F)(F)F)c1. The summed E-state index contributed by atoms with van der Waals surface area (Å²) in [5.74, 6) is 0. The standard InChI is InChI=1S/C13H8F3N3O2S2/c14-13(15,16)8-2-1-3-10(6-8)23(20,21)19-9-4-5-11-12(7-9)18-22-17-11/h1-7,19H. The number of alkyl halides is 3. The summed E-state index contributed by atoms with van der Waals surface area (Å²) < 4.78 is 72.8. The van der Waals surface area contributed by atoms with Gasteiger partial charge < -0.3 is 0 Å². The van der Waals surface area contributed by atoms with Crippen LogP contribution in [0.3, 0.4) is 0 Å². The quantitative estimate of drug-likeness (QED) is 0.777. The zero-order chi connectivity index (χ0) is 16.7. The van der Waals surface area contributed by atoms with Gasteiger partial charge in [0.2, 0.25) is 0 Å². The van der Waals surface area contributed by atoms with Gasteiger partial charge in [-0.1, -0.05) is 6.07 Å². The molecule has 3 aromatic rings. The summed E-state index contributed by atoms with van der Waals surface area (Å²) in [6, 6.07) is 8.05. The molecule has 0 spiro atoms. The van der Waals surface area contributed by atoms with Gasteiger partial charge in [-0.2, -0.15) is 21.9 Å². The Bertz CT molecular complexity index is 968. The monoisotopic (exact) mass is 359 g/mol. The van der Waals surface area contributed by atoms with E-state index >= 15 is 0 Å². The van der Waals surface area contributed by atoms with E-state index in [1.165, 1.54) is 12.1 Å². The van der Waals surface area contributed by atoms with Gasteiger partial charge in [-0.15, -0.1) is 0 Å². The lowest BCUT2D eigenvalue weighted by Crippen LogP contribution is -2.14. The molecule has 5 nitrogen and oxygen atoms in total. The highest BCUT2D eigenvalue weighted by Gasteiger charge is 2.31. The van der Waals surface area contributed by atoms with Crippen molar-refractivity contribution >= 4 is 38.5 Å². The molecule has 0 aliphatic carbocycles. The van der Waals surface area contributed by atoms with Crippen molar-refractivity contribution in [2.24, 2.45) is 0 Å². The van der Waals surface area contributed by atoms with Crippen molar-refractivity contribution < 1.29 is 21.6 Å². The zero-order valence-corrected chi connectivity index (χ0v) is 12.8. The van der Waals surface area contributed by atoms with Crippen LogP contribution >= 0.6 is 11.7 Å². The number of hydrogen-bond donors (Lipinski definition) is 1. The number of benzene rings is 2. The molecule has 0 amide bonds. The number of halogens is 3. The van der Waals surface area contributed by atoms with Crippen LogP contribution in [0.25, 0.3) is 11.0 Å². The highest BCUT2D eigenvalue weighted by molar-refractivity contribution is 7.92. The third kappa shape index (κ3) is 3.27. The van der Waals surface area contributed by atoms with E-state index in [4.69, 9.17) is 0 Å². The second-order valence-electron chi connectivity index (χ2n) is 4.60. The Morgan fingerprint density at radius 1 is 1.00 bits per heavy atom. The third-order valence-corrected chi connectivity index (χ3v) is 4.91. The minimum atomic E-state index is -4.61. The van der Waals surface area contributed by atoms with Crippen LogP contribution in [0.2, 0.25) is 0 Å². The lowest BCUT2D eigenvalue weighted by atomic mass is 10.2. The van der Waals surface area contributed by atoms with Gasteiger partial charge in [0.15, 0.2) is 0 Å². The number of anilines is 1. The molecule has 1 aromatic heterocycles. The number of hydrogen-bond acceptors (Lipinski definition) is 5. The highest BCUT2D eigenvalue weighted by Crippen LogP contribution is 2.31. The first-order valence-corrected chi connectivity index (χ1v) is 8.39. The van der Waals surface area contributed by atoms with Crippen molar-refractivity contribution in [3.63, 3.8) is 0 Å². The topological polar surface area (TPSA) is 72.0 Å². The van der Waals surface area contributed by atoms with Crippen LogP contribution in [0.15, 0.2) is 47.4 Å². The van der Waals surface area contributed by atoms with Crippen molar-refractivity contribution in [1.82, 2.24) is 8.75 Å². The van der Waals surface area contributed by atoms with E-state index in [2.05, 4.69) is 13.5 Å². The van der Waals surface area contributed by atoms with Gasteiger partial charge in [-0.25, -0.2) is 8.42 Å². The lowest BCUT2D eigenvalue weighted by Gasteiger charge is -2.11. The van der Waals surface area contributed by atoms with Crippen molar-refractivity contribution in [2.45, 2.75) is 11.1 Å². The average molecular weight is 359 g/mol. The van der Waals surface area contributed by atoms with Gasteiger partial charge in [0.25, 0.3) is 10.0 Å². The number of nitrogens with zero attached hydrogens (tertiary/aromatic N) is 2. The van der Waals surface area contributed by atoms with Crippen LogP contribution in [0.5, 0.6) is 0 Å². The maximum Gasteiger partial charge on any atom is 0.416 e. The third-order valence-electron chi connectivity index (χ3n) is 2.98. The number of sulfonamides is 1. The summed E-state index contributed by atoms with van der Waals surface area (Å²) in [5, 5.41) is 0. The molecule has 2 aromatic carbocycles. The first-order valence-electron chi connectivity index (χ1n) is 6.18. The van der Waals surface area contributed by atoms with Gasteiger partial charge >= 0.3 is 6.18 Å². The number of nitrogens with one attached hydrogen (secondary N) is 1. The molecule has 0 bridgehead atoms. The fourth-order valence-corrected chi connectivity index (χ4v) is 3.51. The molecule has 120 valence electrons. The van der Waals surface area contributed by atoms with E-state index in [-0.39, 0.29) is 5.69 Å². The molecule has 0 saturated carbocycles. The molecule has 0 aliphatic heterocycles. The molecule has 1 heterocycles. The Morgan fingerprint density at radius 2 is 1.74 bits per heavy atom. The molecule has 0 radical (unpaired) electrons. The predicted octanol–water partition coefficient (Wildman–Crippen LogP) is 3.51. The summed E-state index contributed by atoms with van der Waals surface area (Å²) >= 11 is 0.978. The molecule has 10 heteroatoms. The predicted molar refractivity (Wildman–Crippen MR) is 79.7 cm³/mol. The molecule has 0 aliphatic rings. The summed E-state index contributed by atoms with van der Waals surface area (Å²) in [6.45, 7) is 0. The lowest BCUT2D eigenvalue weighted by molar-refractivity contribution is -0.137. The number of fused-ring (bicyclic) bond motifs is 1. The van der Waals surface area contributed by atoms with Crippen LogP contribution < -0.4 is 4.72 Å². The van der Waals surface area contributed by atoms with Crippen LogP contribution in [-0.2, 0) is 16.2 Å².